The Hall–Kier alpha value is -1.90. The third-order valence-electron chi connectivity index (χ3n) is 3.36. The van der Waals surface area contributed by atoms with E-state index in [1.807, 2.05) is 6.07 Å². The zero-order chi connectivity index (χ0) is 13.7. The van der Waals surface area contributed by atoms with E-state index in [1.165, 1.54) is 5.56 Å². The van der Waals surface area contributed by atoms with Crippen LogP contribution in [0.2, 0.25) is 0 Å². The van der Waals surface area contributed by atoms with E-state index in [4.69, 9.17) is 0 Å². The minimum Gasteiger partial charge on any atom is -0.276 e. The first-order chi connectivity index (χ1) is 9.07. The van der Waals surface area contributed by atoms with E-state index in [0.717, 1.165) is 12.8 Å². The largest absolute Gasteiger partial charge is 0.276 e. The van der Waals surface area contributed by atoms with Gasteiger partial charge in [0.2, 0.25) is 5.91 Å². The summed E-state index contributed by atoms with van der Waals surface area (Å²) in [5.41, 5.74) is 1.32. The topological polar surface area (TPSA) is 34.9 Å². The Balaban J connectivity index is 1.90. The summed E-state index contributed by atoms with van der Waals surface area (Å²) in [6.07, 6.45) is 7.44. The molecule has 0 saturated heterocycles. The summed E-state index contributed by atoms with van der Waals surface area (Å²) >= 11 is 0. The van der Waals surface area contributed by atoms with Crippen molar-refractivity contribution in [1.82, 2.24) is 9.55 Å². The van der Waals surface area contributed by atoms with Gasteiger partial charge in [-0.1, -0.05) is 44.2 Å². The maximum atomic E-state index is 12.1. The molecule has 1 aromatic carbocycles. The van der Waals surface area contributed by atoms with Gasteiger partial charge in [-0.25, -0.2) is 4.98 Å². The van der Waals surface area contributed by atoms with Gasteiger partial charge >= 0.3 is 0 Å². The standard InChI is InChI=1S/C16H20N2O/c1-16(2,9-8-14-6-4-3-5-7-14)12-15(19)18-11-10-17-13-18/h3-7,10-11,13H,8-9,12H2,1-2H3. The van der Waals surface area contributed by atoms with Gasteiger partial charge in [-0.05, 0) is 23.8 Å². The Labute approximate surface area is 114 Å². The lowest BCUT2D eigenvalue weighted by atomic mass is 9.83. The van der Waals surface area contributed by atoms with Gasteiger partial charge in [-0.15, -0.1) is 0 Å². The Kier molecular flexibility index (Phi) is 4.15. The van der Waals surface area contributed by atoms with Gasteiger partial charge in [-0.2, -0.15) is 0 Å². The van der Waals surface area contributed by atoms with Crippen LogP contribution in [0.25, 0.3) is 0 Å². The highest BCUT2D eigenvalue weighted by Crippen LogP contribution is 2.27. The molecule has 0 N–H and O–H groups in total. The van der Waals surface area contributed by atoms with Gasteiger partial charge in [0.25, 0.3) is 0 Å². The van der Waals surface area contributed by atoms with E-state index < -0.39 is 0 Å². The normalized spacial score (nSPS) is 11.5. The number of hydrogen-bond donors (Lipinski definition) is 0. The van der Waals surface area contributed by atoms with E-state index in [9.17, 15) is 4.79 Å². The second-order valence-electron chi connectivity index (χ2n) is 5.69. The molecular weight excluding hydrogens is 236 g/mol. The third kappa shape index (κ3) is 4.05. The minimum absolute atomic E-state index is 0.00278. The highest BCUT2D eigenvalue weighted by Gasteiger charge is 2.22. The molecule has 100 valence electrons. The molecule has 0 atom stereocenters. The molecule has 0 aliphatic carbocycles. The lowest BCUT2D eigenvalue weighted by molar-refractivity contribution is 0.0842. The highest BCUT2D eigenvalue weighted by atomic mass is 16.2. The van der Waals surface area contributed by atoms with Gasteiger partial charge in [-0.3, -0.25) is 9.36 Å². The van der Waals surface area contributed by atoms with Crippen LogP contribution in [-0.2, 0) is 6.42 Å². The molecule has 0 unspecified atom stereocenters. The molecule has 3 nitrogen and oxygen atoms in total. The Bertz CT molecular complexity index is 515. The summed E-state index contributed by atoms with van der Waals surface area (Å²) in [5.74, 6) is 0.107. The molecule has 0 spiro atoms. The molecule has 0 saturated carbocycles. The van der Waals surface area contributed by atoms with Gasteiger partial charge in [0, 0.05) is 18.8 Å². The van der Waals surface area contributed by atoms with Crippen molar-refractivity contribution in [3.8, 4) is 0 Å². The SMILES string of the molecule is CC(C)(CCc1ccccc1)CC(=O)n1ccnc1. The van der Waals surface area contributed by atoms with Crippen LogP contribution >= 0.6 is 0 Å². The molecule has 0 bridgehead atoms. The summed E-state index contributed by atoms with van der Waals surface area (Å²) in [6, 6.07) is 10.4. The molecule has 0 aliphatic heterocycles. The second-order valence-corrected chi connectivity index (χ2v) is 5.69. The fraction of sp³-hybridized carbons (Fsp3) is 0.375. The molecule has 3 heteroatoms. The van der Waals surface area contributed by atoms with Gasteiger partial charge in [0.05, 0.1) is 0 Å². The number of benzene rings is 1. The van der Waals surface area contributed by atoms with Crippen LogP contribution in [0.3, 0.4) is 0 Å². The van der Waals surface area contributed by atoms with Gasteiger partial charge in [0.15, 0.2) is 0 Å². The molecule has 0 amide bonds. The Morgan fingerprint density at radius 1 is 1.26 bits per heavy atom. The fourth-order valence-electron chi connectivity index (χ4n) is 2.12. The monoisotopic (exact) mass is 256 g/mol. The maximum absolute atomic E-state index is 12.1. The number of aromatic nitrogens is 2. The van der Waals surface area contributed by atoms with Crippen molar-refractivity contribution in [2.24, 2.45) is 5.41 Å². The van der Waals surface area contributed by atoms with Crippen molar-refractivity contribution in [2.75, 3.05) is 0 Å². The van der Waals surface area contributed by atoms with Crippen LogP contribution < -0.4 is 0 Å². The third-order valence-corrected chi connectivity index (χ3v) is 3.36. The number of aryl methyl sites for hydroxylation is 1. The maximum Gasteiger partial charge on any atom is 0.232 e. The molecular formula is C16H20N2O. The number of carbonyl (C=O) groups excluding carboxylic acids is 1. The molecule has 0 radical (unpaired) electrons. The second kappa shape index (κ2) is 5.83. The van der Waals surface area contributed by atoms with E-state index in [2.05, 4.69) is 43.1 Å². The molecule has 0 fully saturated rings. The summed E-state index contributed by atoms with van der Waals surface area (Å²) < 4.78 is 1.56. The average molecular weight is 256 g/mol. The van der Waals surface area contributed by atoms with Crippen molar-refractivity contribution in [1.29, 1.82) is 0 Å². The molecule has 19 heavy (non-hydrogen) atoms. The smallest absolute Gasteiger partial charge is 0.232 e. The summed E-state index contributed by atoms with van der Waals surface area (Å²) in [7, 11) is 0. The van der Waals surface area contributed by atoms with Gasteiger partial charge < -0.3 is 0 Å². The Morgan fingerprint density at radius 2 is 2.00 bits per heavy atom. The van der Waals surface area contributed by atoms with Crippen LogP contribution in [-0.4, -0.2) is 15.5 Å². The number of imidazole rings is 1. The minimum atomic E-state index is -0.00278. The lowest BCUT2D eigenvalue weighted by Crippen LogP contribution is -2.21. The van der Waals surface area contributed by atoms with E-state index in [-0.39, 0.29) is 11.3 Å². The van der Waals surface area contributed by atoms with Crippen LogP contribution in [0.4, 0.5) is 0 Å². The number of hydrogen-bond acceptors (Lipinski definition) is 2. The van der Waals surface area contributed by atoms with E-state index >= 15 is 0 Å². The van der Waals surface area contributed by atoms with E-state index in [1.54, 1.807) is 23.3 Å². The predicted molar refractivity (Wildman–Crippen MR) is 76.0 cm³/mol. The Morgan fingerprint density at radius 3 is 2.63 bits per heavy atom. The molecule has 1 aromatic heterocycles. The molecule has 2 rings (SSSR count). The first-order valence-corrected chi connectivity index (χ1v) is 6.62. The number of rotatable bonds is 5. The van der Waals surface area contributed by atoms with Crippen molar-refractivity contribution >= 4 is 5.91 Å². The summed E-state index contributed by atoms with van der Waals surface area (Å²) in [4.78, 5) is 16.0. The van der Waals surface area contributed by atoms with E-state index in [0.29, 0.717) is 6.42 Å². The van der Waals surface area contributed by atoms with Gasteiger partial charge in [0.1, 0.15) is 6.33 Å². The zero-order valence-electron chi connectivity index (χ0n) is 11.5. The van der Waals surface area contributed by atoms with Crippen LogP contribution in [0, 0.1) is 5.41 Å². The van der Waals surface area contributed by atoms with Crippen LogP contribution in [0.1, 0.15) is 37.0 Å². The summed E-state index contributed by atoms with van der Waals surface area (Å²) in [6.45, 7) is 4.29. The van der Waals surface area contributed by atoms with Crippen molar-refractivity contribution in [3.63, 3.8) is 0 Å². The lowest BCUT2D eigenvalue weighted by Gasteiger charge is -2.23. The van der Waals surface area contributed by atoms with Crippen LogP contribution in [0.5, 0.6) is 0 Å². The molecule has 1 heterocycles. The number of nitrogens with zero attached hydrogens (tertiary/aromatic N) is 2. The predicted octanol–water partition coefficient (Wildman–Crippen LogP) is 3.57. The fourth-order valence-corrected chi connectivity index (χ4v) is 2.12. The highest BCUT2D eigenvalue weighted by molar-refractivity contribution is 5.79. The van der Waals surface area contributed by atoms with Crippen molar-refractivity contribution in [2.45, 2.75) is 33.1 Å². The van der Waals surface area contributed by atoms with Crippen molar-refractivity contribution < 1.29 is 4.79 Å². The average Bonchev–Trinajstić information content (AvgIpc) is 2.91. The van der Waals surface area contributed by atoms with Crippen LogP contribution in [0.15, 0.2) is 49.1 Å². The van der Waals surface area contributed by atoms with Crippen molar-refractivity contribution in [3.05, 3.63) is 54.6 Å². The quantitative estimate of drug-likeness (QED) is 0.819. The zero-order valence-corrected chi connectivity index (χ0v) is 11.5. The molecule has 2 aromatic rings. The first kappa shape index (κ1) is 13.5. The first-order valence-electron chi connectivity index (χ1n) is 6.62. The number of carbonyl (C=O) groups is 1. The molecule has 0 aliphatic rings. The summed E-state index contributed by atoms with van der Waals surface area (Å²) in [5, 5.41) is 0.